The smallest absolute Gasteiger partial charge is 0.258 e. The van der Waals surface area contributed by atoms with E-state index in [9.17, 15) is 4.79 Å². The van der Waals surface area contributed by atoms with Crippen molar-refractivity contribution in [3.63, 3.8) is 0 Å². The van der Waals surface area contributed by atoms with Crippen LogP contribution in [-0.4, -0.2) is 10.9 Å². The summed E-state index contributed by atoms with van der Waals surface area (Å²) >= 11 is 5.87. The summed E-state index contributed by atoms with van der Waals surface area (Å²) in [5.41, 5.74) is 7.25. The number of amides is 1. The highest BCUT2D eigenvalue weighted by atomic mass is 35.5. The Morgan fingerprint density at radius 3 is 2.83 bits per heavy atom. The molecule has 2 aromatic rings. The highest BCUT2D eigenvalue weighted by molar-refractivity contribution is 6.34. The summed E-state index contributed by atoms with van der Waals surface area (Å²) in [5, 5.41) is 3.07. The Labute approximate surface area is 110 Å². The van der Waals surface area contributed by atoms with Gasteiger partial charge >= 0.3 is 0 Å². The molecule has 1 amide bonds. The number of hydrogen-bond donors (Lipinski definition) is 2. The summed E-state index contributed by atoms with van der Waals surface area (Å²) in [6.07, 6.45) is 1.62. The Hall–Kier alpha value is -2.07. The van der Waals surface area contributed by atoms with Crippen molar-refractivity contribution in [3.8, 4) is 0 Å². The summed E-state index contributed by atoms with van der Waals surface area (Å²) in [6, 6.07) is 8.61. The van der Waals surface area contributed by atoms with Crippen LogP contribution in [0, 0.1) is 6.92 Å². The van der Waals surface area contributed by atoms with Crippen LogP contribution in [0.5, 0.6) is 0 Å². The van der Waals surface area contributed by atoms with Crippen LogP contribution in [0.1, 0.15) is 15.9 Å². The molecule has 0 aliphatic rings. The molecule has 18 heavy (non-hydrogen) atoms. The predicted molar refractivity (Wildman–Crippen MR) is 72.8 cm³/mol. The molecule has 1 heterocycles. The van der Waals surface area contributed by atoms with Gasteiger partial charge in [-0.2, -0.15) is 0 Å². The van der Waals surface area contributed by atoms with Gasteiger partial charge in [-0.05, 0) is 30.7 Å². The van der Waals surface area contributed by atoms with Crippen molar-refractivity contribution in [3.05, 3.63) is 52.7 Å². The van der Waals surface area contributed by atoms with E-state index in [2.05, 4.69) is 10.3 Å². The van der Waals surface area contributed by atoms with E-state index in [1.165, 1.54) is 0 Å². The normalized spacial score (nSPS) is 10.1. The van der Waals surface area contributed by atoms with E-state index >= 15 is 0 Å². The molecular formula is C13H12ClN3O. The minimum Gasteiger partial charge on any atom is -0.397 e. The fourth-order valence-electron chi connectivity index (χ4n) is 1.53. The van der Waals surface area contributed by atoms with Crippen molar-refractivity contribution < 1.29 is 4.79 Å². The first-order valence-corrected chi connectivity index (χ1v) is 5.74. The van der Waals surface area contributed by atoms with Gasteiger partial charge in [0.2, 0.25) is 0 Å². The lowest BCUT2D eigenvalue weighted by atomic mass is 10.1. The number of aromatic nitrogens is 1. The fraction of sp³-hybridized carbons (Fsp3) is 0.0769. The first-order chi connectivity index (χ1) is 8.59. The first-order valence-electron chi connectivity index (χ1n) is 5.36. The molecule has 0 radical (unpaired) electrons. The molecule has 4 nitrogen and oxygen atoms in total. The number of anilines is 2. The average Bonchev–Trinajstić information content (AvgIpc) is 2.35. The monoisotopic (exact) mass is 261 g/mol. The number of nitrogen functional groups attached to an aromatic ring is 1. The third kappa shape index (κ3) is 2.43. The third-order valence-electron chi connectivity index (χ3n) is 2.54. The van der Waals surface area contributed by atoms with E-state index in [4.69, 9.17) is 17.3 Å². The van der Waals surface area contributed by atoms with Crippen molar-refractivity contribution >= 4 is 29.0 Å². The van der Waals surface area contributed by atoms with Crippen molar-refractivity contribution in [1.29, 1.82) is 0 Å². The van der Waals surface area contributed by atoms with Crippen LogP contribution in [0.25, 0.3) is 0 Å². The van der Waals surface area contributed by atoms with Gasteiger partial charge in [-0.1, -0.05) is 23.7 Å². The van der Waals surface area contributed by atoms with Crippen LogP contribution >= 0.6 is 11.6 Å². The number of nitrogens with one attached hydrogen (secondary N) is 1. The number of hydrogen-bond acceptors (Lipinski definition) is 3. The van der Waals surface area contributed by atoms with Gasteiger partial charge in [0, 0.05) is 6.20 Å². The van der Waals surface area contributed by atoms with Crippen molar-refractivity contribution in [2.75, 3.05) is 11.1 Å². The zero-order valence-electron chi connectivity index (χ0n) is 9.77. The molecule has 0 spiro atoms. The van der Waals surface area contributed by atoms with Crippen LogP contribution in [0.3, 0.4) is 0 Å². The summed E-state index contributed by atoms with van der Waals surface area (Å²) in [7, 11) is 0. The van der Waals surface area contributed by atoms with Gasteiger partial charge in [0.15, 0.2) is 0 Å². The molecule has 1 aromatic carbocycles. The maximum absolute atomic E-state index is 12.0. The van der Waals surface area contributed by atoms with Crippen molar-refractivity contribution in [2.45, 2.75) is 6.92 Å². The lowest BCUT2D eigenvalue weighted by Gasteiger charge is -2.09. The molecule has 0 saturated heterocycles. The van der Waals surface area contributed by atoms with E-state index in [1.807, 2.05) is 13.0 Å². The van der Waals surface area contributed by atoms with Crippen LogP contribution in [0.2, 0.25) is 5.02 Å². The number of benzene rings is 1. The second-order valence-corrected chi connectivity index (χ2v) is 4.23. The zero-order valence-corrected chi connectivity index (χ0v) is 10.5. The SMILES string of the molecule is Cc1cccnc1NC(=O)c1cccc(Cl)c1N. The summed E-state index contributed by atoms with van der Waals surface area (Å²) in [6.45, 7) is 1.87. The predicted octanol–water partition coefficient (Wildman–Crippen LogP) is 2.88. The van der Waals surface area contributed by atoms with Gasteiger partial charge in [-0.25, -0.2) is 4.98 Å². The number of para-hydroxylation sites is 1. The molecule has 0 aliphatic heterocycles. The number of carbonyl (C=O) groups excluding carboxylic acids is 1. The number of nitrogens with zero attached hydrogens (tertiary/aromatic N) is 1. The van der Waals surface area contributed by atoms with Crippen LogP contribution in [0.15, 0.2) is 36.5 Å². The Kier molecular flexibility index (Phi) is 3.48. The number of nitrogens with two attached hydrogens (primary N) is 1. The second kappa shape index (κ2) is 5.06. The molecule has 0 bridgehead atoms. The zero-order chi connectivity index (χ0) is 13.1. The number of pyridine rings is 1. The van der Waals surface area contributed by atoms with Crippen LogP contribution < -0.4 is 11.1 Å². The standard InChI is InChI=1S/C13H12ClN3O/c1-8-4-3-7-16-12(8)17-13(18)9-5-2-6-10(14)11(9)15/h2-7H,15H2,1H3,(H,16,17,18). The second-order valence-electron chi connectivity index (χ2n) is 3.82. The van der Waals surface area contributed by atoms with E-state index in [1.54, 1.807) is 30.5 Å². The third-order valence-corrected chi connectivity index (χ3v) is 2.87. The quantitative estimate of drug-likeness (QED) is 0.817. The van der Waals surface area contributed by atoms with E-state index in [-0.39, 0.29) is 11.6 Å². The van der Waals surface area contributed by atoms with Gasteiger partial charge in [-0.3, -0.25) is 4.79 Å². The summed E-state index contributed by atoms with van der Waals surface area (Å²) in [4.78, 5) is 16.1. The molecule has 3 N–H and O–H groups in total. The van der Waals surface area contributed by atoms with E-state index in [0.717, 1.165) is 5.56 Å². The largest absolute Gasteiger partial charge is 0.397 e. The highest BCUT2D eigenvalue weighted by Crippen LogP contribution is 2.23. The lowest BCUT2D eigenvalue weighted by Crippen LogP contribution is -2.15. The summed E-state index contributed by atoms with van der Waals surface area (Å²) < 4.78 is 0. The van der Waals surface area contributed by atoms with Gasteiger partial charge in [-0.15, -0.1) is 0 Å². The minimum absolute atomic E-state index is 0.269. The molecule has 0 saturated carbocycles. The van der Waals surface area contributed by atoms with Gasteiger partial charge in [0.25, 0.3) is 5.91 Å². The Balaban J connectivity index is 2.28. The van der Waals surface area contributed by atoms with Crippen molar-refractivity contribution in [1.82, 2.24) is 4.98 Å². The van der Waals surface area contributed by atoms with Gasteiger partial charge in [0.1, 0.15) is 5.82 Å². The molecular weight excluding hydrogens is 250 g/mol. The van der Waals surface area contributed by atoms with Gasteiger partial charge in [0.05, 0.1) is 16.3 Å². The highest BCUT2D eigenvalue weighted by Gasteiger charge is 2.13. The van der Waals surface area contributed by atoms with E-state index < -0.39 is 0 Å². The maximum atomic E-state index is 12.0. The minimum atomic E-state index is -0.322. The Morgan fingerprint density at radius 1 is 1.33 bits per heavy atom. The van der Waals surface area contributed by atoms with Crippen LogP contribution in [0.4, 0.5) is 11.5 Å². The average molecular weight is 262 g/mol. The molecule has 92 valence electrons. The maximum Gasteiger partial charge on any atom is 0.258 e. The summed E-state index contributed by atoms with van der Waals surface area (Å²) in [5.74, 6) is 0.193. The molecule has 1 aromatic heterocycles. The molecule has 0 aliphatic carbocycles. The number of aryl methyl sites for hydroxylation is 1. The number of carbonyl (C=O) groups is 1. The molecule has 2 rings (SSSR count). The van der Waals surface area contributed by atoms with E-state index in [0.29, 0.717) is 16.4 Å². The fourth-order valence-corrected chi connectivity index (χ4v) is 1.70. The Morgan fingerprint density at radius 2 is 2.11 bits per heavy atom. The first kappa shape index (κ1) is 12.4. The molecule has 0 atom stereocenters. The molecule has 0 unspecified atom stereocenters. The lowest BCUT2D eigenvalue weighted by molar-refractivity contribution is 0.102. The Bertz CT molecular complexity index is 599. The van der Waals surface area contributed by atoms with Gasteiger partial charge < -0.3 is 11.1 Å². The topological polar surface area (TPSA) is 68.0 Å². The molecule has 5 heteroatoms. The number of rotatable bonds is 2. The van der Waals surface area contributed by atoms with Crippen LogP contribution in [-0.2, 0) is 0 Å². The number of halogens is 1. The van der Waals surface area contributed by atoms with Crippen molar-refractivity contribution in [2.24, 2.45) is 0 Å². The molecule has 0 fully saturated rings.